The lowest BCUT2D eigenvalue weighted by atomic mass is 10.2. The number of anilines is 1. The number of amides is 2. The zero-order chi connectivity index (χ0) is 28.4. The maximum Gasteiger partial charge on any atom is 0.264 e. The summed E-state index contributed by atoms with van der Waals surface area (Å²) in [7, 11) is 0.0926. The number of ether oxygens (including phenoxy) is 4. The molecule has 3 N–H and O–H groups in total. The number of rotatable bonds is 13. The highest BCUT2D eigenvalue weighted by Crippen LogP contribution is 2.32. The molecule has 0 aliphatic carbocycles. The Labute approximate surface area is 226 Å². The number of methoxy groups -OCH3 is 3. The number of hydrogen-bond donors (Lipinski definition) is 2. The molecule has 0 bridgehead atoms. The Bertz CT molecular complexity index is 1430. The molecular weight excluding hydrogens is 528 g/mol. The van der Waals surface area contributed by atoms with Crippen LogP contribution >= 0.6 is 0 Å². The van der Waals surface area contributed by atoms with E-state index in [0.29, 0.717) is 22.8 Å². The van der Waals surface area contributed by atoms with E-state index in [-0.39, 0.29) is 22.9 Å². The van der Waals surface area contributed by atoms with Crippen LogP contribution in [0.4, 0.5) is 5.69 Å². The largest absolute Gasteiger partial charge is 0.497 e. The Morgan fingerprint density at radius 1 is 0.897 bits per heavy atom. The molecule has 0 aliphatic heterocycles. The van der Waals surface area contributed by atoms with Crippen LogP contribution in [-0.2, 0) is 19.6 Å². The van der Waals surface area contributed by atoms with Crippen LogP contribution in [0.5, 0.6) is 23.0 Å². The number of carbonyl (C=O) groups is 2. The molecule has 0 aromatic heterocycles. The van der Waals surface area contributed by atoms with Crippen LogP contribution in [0.2, 0.25) is 0 Å². The van der Waals surface area contributed by atoms with Gasteiger partial charge in [0.1, 0.15) is 18.0 Å². The van der Waals surface area contributed by atoms with E-state index in [0.717, 1.165) is 4.31 Å². The van der Waals surface area contributed by atoms with E-state index < -0.39 is 28.4 Å². The SMILES string of the molecule is COc1ccc(N(CC(=O)N/N=C\c2ccc(OCC(N)=O)cc2)S(=O)(=O)c2ccc(OC)c(OC)c2)cc1. The number of nitrogens with two attached hydrogens (primary N) is 1. The molecule has 0 atom stereocenters. The second kappa shape index (κ2) is 13.1. The number of benzene rings is 3. The van der Waals surface area contributed by atoms with Crippen LogP contribution in [0.1, 0.15) is 5.56 Å². The lowest BCUT2D eigenvalue weighted by Gasteiger charge is -2.24. The summed E-state index contributed by atoms with van der Waals surface area (Å²) in [6.45, 7) is -0.819. The van der Waals surface area contributed by atoms with Gasteiger partial charge in [-0.3, -0.25) is 13.9 Å². The first kappa shape index (κ1) is 28.8. The second-order valence-electron chi connectivity index (χ2n) is 7.84. The number of nitrogens with one attached hydrogen (secondary N) is 1. The first-order valence-corrected chi connectivity index (χ1v) is 12.8. The van der Waals surface area contributed by atoms with Gasteiger partial charge in [-0.15, -0.1) is 0 Å². The third-order valence-corrected chi connectivity index (χ3v) is 7.02. The predicted molar refractivity (Wildman–Crippen MR) is 144 cm³/mol. The first-order chi connectivity index (χ1) is 18.7. The summed E-state index contributed by atoms with van der Waals surface area (Å²) in [6.07, 6.45) is 1.37. The van der Waals surface area contributed by atoms with E-state index in [2.05, 4.69) is 10.5 Å². The molecule has 0 aliphatic rings. The summed E-state index contributed by atoms with van der Waals surface area (Å²) in [5.41, 5.74) is 8.24. The molecule has 12 nitrogen and oxygen atoms in total. The standard InChI is InChI=1S/C26H28N4O8S/c1-35-20-10-6-19(7-11-20)30(39(33,34)22-12-13-23(36-2)24(14-22)37-3)16-26(32)29-28-15-18-4-8-21(9-5-18)38-17-25(27)31/h4-15H,16-17H2,1-3H3,(H2,27,31)(H,29,32)/b28-15-. The summed E-state index contributed by atoms with van der Waals surface area (Å²) in [5, 5.41) is 3.91. The van der Waals surface area contributed by atoms with Gasteiger partial charge in [0.05, 0.1) is 38.1 Å². The van der Waals surface area contributed by atoms with Crippen LogP contribution in [-0.4, -0.2) is 60.9 Å². The van der Waals surface area contributed by atoms with Gasteiger partial charge in [0.2, 0.25) is 0 Å². The molecule has 0 spiro atoms. The van der Waals surface area contributed by atoms with Gasteiger partial charge in [-0.05, 0) is 66.2 Å². The molecule has 3 rings (SSSR count). The van der Waals surface area contributed by atoms with Crippen molar-refractivity contribution in [2.24, 2.45) is 10.8 Å². The number of nitrogens with zero attached hydrogens (tertiary/aromatic N) is 2. The maximum absolute atomic E-state index is 13.7. The molecule has 0 unspecified atom stereocenters. The van der Waals surface area contributed by atoms with Crippen molar-refractivity contribution in [3.8, 4) is 23.0 Å². The van der Waals surface area contributed by atoms with Crippen molar-refractivity contribution in [3.63, 3.8) is 0 Å². The molecule has 3 aromatic rings. The molecule has 0 saturated carbocycles. The molecule has 0 radical (unpaired) electrons. The molecule has 2 amide bonds. The van der Waals surface area contributed by atoms with Crippen molar-refractivity contribution in [1.29, 1.82) is 0 Å². The Kier molecular flexibility index (Phi) is 9.70. The average Bonchev–Trinajstić information content (AvgIpc) is 2.95. The summed E-state index contributed by atoms with van der Waals surface area (Å²) in [6, 6.07) is 16.9. The molecule has 13 heteroatoms. The van der Waals surface area contributed by atoms with Crippen LogP contribution in [0.25, 0.3) is 0 Å². The minimum Gasteiger partial charge on any atom is -0.497 e. The van der Waals surface area contributed by atoms with E-state index in [1.54, 1.807) is 36.4 Å². The second-order valence-corrected chi connectivity index (χ2v) is 9.71. The summed E-state index contributed by atoms with van der Waals surface area (Å²) in [4.78, 5) is 23.5. The van der Waals surface area contributed by atoms with Gasteiger partial charge in [0, 0.05) is 6.07 Å². The Balaban J connectivity index is 1.80. The van der Waals surface area contributed by atoms with Gasteiger partial charge in [-0.25, -0.2) is 13.8 Å². The normalized spacial score (nSPS) is 11.1. The van der Waals surface area contributed by atoms with Gasteiger partial charge >= 0.3 is 0 Å². The number of sulfonamides is 1. The van der Waals surface area contributed by atoms with E-state index in [1.807, 2.05) is 0 Å². The molecule has 39 heavy (non-hydrogen) atoms. The first-order valence-electron chi connectivity index (χ1n) is 11.4. The van der Waals surface area contributed by atoms with Crippen molar-refractivity contribution in [2.45, 2.75) is 4.90 Å². The average molecular weight is 557 g/mol. The smallest absolute Gasteiger partial charge is 0.264 e. The number of hydrogen-bond acceptors (Lipinski definition) is 9. The fourth-order valence-electron chi connectivity index (χ4n) is 3.32. The topological polar surface area (TPSA) is 159 Å². The zero-order valence-corrected chi connectivity index (χ0v) is 22.3. The minimum atomic E-state index is -4.22. The number of carbonyl (C=O) groups excluding carboxylic acids is 2. The van der Waals surface area contributed by atoms with Gasteiger partial charge in [-0.1, -0.05) is 0 Å². The monoisotopic (exact) mass is 556 g/mol. The van der Waals surface area contributed by atoms with Gasteiger partial charge in [0.25, 0.3) is 21.8 Å². The van der Waals surface area contributed by atoms with Crippen LogP contribution < -0.4 is 34.4 Å². The van der Waals surface area contributed by atoms with E-state index >= 15 is 0 Å². The highest BCUT2D eigenvalue weighted by molar-refractivity contribution is 7.92. The lowest BCUT2D eigenvalue weighted by Crippen LogP contribution is -2.39. The van der Waals surface area contributed by atoms with Gasteiger partial charge < -0.3 is 24.7 Å². The van der Waals surface area contributed by atoms with Crippen molar-refractivity contribution in [2.75, 3.05) is 38.8 Å². The predicted octanol–water partition coefficient (Wildman–Crippen LogP) is 1.92. The van der Waals surface area contributed by atoms with Gasteiger partial charge in [0.15, 0.2) is 18.1 Å². The highest BCUT2D eigenvalue weighted by Gasteiger charge is 2.28. The third-order valence-electron chi connectivity index (χ3n) is 5.25. The minimum absolute atomic E-state index is 0.106. The van der Waals surface area contributed by atoms with E-state index in [4.69, 9.17) is 24.7 Å². The Morgan fingerprint density at radius 3 is 2.13 bits per heavy atom. The van der Waals surface area contributed by atoms with Crippen LogP contribution in [0, 0.1) is 0 Å². The van der Waals surface area contributed by atoms with Crippen molar-refractivity contribution < 1.29 is 37.0 Å². The van der Waals surface area contributed by atoms with Crippen molar-refractivity contribution in [3.05, 3.63) is 72.3 Å². The van der Waals surface area contributed by atoms with Crippen molar-refractivity contribution >= 4 is 33.7 Å². The zero-order valence-electron chi connectivity index (χ0n) is 21.5. The molecular formula is C26H28N4O8S. The maximum atomic E-state index is 13.7. The van der Waals surface area contributed by atoms with Crippen LogP contribution in [0.3, 0.4) is 0 Å². The summed E-state index contributed by atoms with van der Waals surface area (Å²) >= 11 is 0. The highest BCUT2D eigenvalue weighted by atomic mass is 32.2. The Morgan fingerprint density at radius 2 is 1.54 bits per heavy atom. The van der Waals surface area contributed by atoms with Crippen LogP contribution in [0.15, 0.2) is 76.7 Å². The Hall–Kier alpha value is -4.78. The number of hydrazone groups is 1. The molecule has 0 heterocycles. The molecule has 0 saturated heterocycles. The fraction of sp³-hybridized carbons (Fsp3) is 0.192. The lowest BCUT2D eigenvalue weighted by molar-refractivity contribution is -0.120. The summed E-state index contributed by atoms with van der Waals surface area (Å²) < 4.78 is 49.0. The quantitative estimate of drug-likeness (QED) is 0.239. The number of primary amides is 1. The molecule has 206 valence electrons. The van der Waals surface area contributed by atoms with E-state index in [9.17, 15) is 18.0 Å². The van der Waals surface area contributed by atoms with Gasteiger partial charge in [-0.2, -0.15) is 5.10 Å². The fourth-order valence-corrected chi connectivity index (χ4v) is 4.75. The molecule has 0 fully saturated rings. The third kappa shape index (κ3) is 7.61. The summed E-state index contributed by atoms with van der Waals surface area (Å²) in [5.74, 6) is 0.237. The van der Waals surface area contributed by atoms with Crippen molar-refractivity contribution in [1.82, 2.24) is 5.43 Å². The molecule has 3 aromatic carbocycles. The van der Waals surface area contributed by atoms with E-state index in [1.165, 1.54) is 57.9 Å².